The Morgan fingerprint density at radius 3 is 2.67 bits per heavy atom. The van der Waals surface area contributed by atoms with Crippen LogP contribution in [-0.2, 0) is 11.3 Å². The summed E-state index contributed by atoms with van der Waals surface area (Å²) in [5, 5.41) is 12.2. The Morgan fingerprint density at radius 1 is 1.60 bits per heavy atom. The number of carboxylic acids is 1. The van der Waals surface area contributed by atoms with E-state index < -0.39 is 5.97 Å². The first-order chi connectivity index (χ1) is 6.89. The van der Waals surface area contributed by atoms with Crippen LogP contribution in [0.4, 0.5) is 0 Å². The summed E-state index contributed by atoms with van der Waals surface area (Å²) in [5.74, 6) is -0.449. The van der Waals surface area contributed by atoms with Crippen LogP contribution in [0, 0.1) is 0 Å². The lowest BCUT2D eigenvalue weighted by Gasteiger charge is -2.32. The molecule has 0 aliphatic carbocycles. The number of hydrogen-bond donors (Lipinski definition) is 1. The molecule has 1 heterocycles. The van der Waals surface area contributed by atoms with E-state index in [2.05, 4.69) is 10.1 Å². The van der Waals surface area contributed by atoms with Crippen LogP contribution in [0.1, 0.15) is 26.7 Å². The molecule has 0 saturated carbocycles. The van der Waals surface area contributed by atoms with Crippen molar-refractivity contribution < 1.29 is 14.4 Å². The molecule has 0 aliphatic heterocycles. The van der Waals surface area contributed by atoms with Gasteiger partial charge in [0.2, 0.25) is 5.89 Å². The van der Waals surface area contributed by atoms with Gasteiger partial charge in [-0.3, -0.25) is 9.69 Å². The fourth-order valence-corrected chi connectivity index (χ4v) is 1.12. The maximum absolute atomic E-state index is 10.7. The molecule has 6 heteroatoms. The normalized spacial score (nSPS) is 12.0. The quantitative estimate of drug-likeness (QED) is 0.795. The molecule has 0 aliphatic rings. The highest BCUT2D eigenvalue weighted by Crippen LogP contribution is 2.15. The molecule has 6 nitrogen and oxygen atoms in total. The van der Waals surface area contributed by atoms with E-state index in [1.54, 1.807) is 4.90 Å². The second-order valence-corrected chi connectivity index (χ2v) is 4.26. The van der Waals surface area contributed by atoms with Crippen LogP contribution in [0.2, 0.25) is 0 Å². The predicted molar refractivity (Wildman–Crippen MR) is 52.1 cm³/mol. The highest BCUT2D eigenvalue weighted by atomic mass is 16.5. The summed E-state index contributed by atoms with van der Waals surface area (Å²) in [6.07, 6.45) is 1.30. The minimum atomic E-state index is -0.871. The Hall–Kier alpha value is -1.43. The molecule has 1 aromatic heterocycles. The number of carbonyl (C=O) groups is 1. The molecular formula is C9H15N3O3. The first-order valence-corrected chi connectivity index (χ1v) is 4.62. The Bertz CT molecular complexity index is 316. The van der Waals surface area contributed by atoms with Crippen LogP contribution >= 0.6 is 0 Å². The van der Waals surface area contributed by atoms with Gasteiger partial charge in [0.25, 0.3) is 0 Å². The molecule has 0 bridgehead atoms. The molecule has 0 atom stereocenters. The first-order valence-electron chi connectivity index (χ1n) is 4.62. The van der Waals surface area contributed by atoms with Crippen LogP contribution in [0.15, 0.2) is 10.9 Å². The zero-order chi connectivity index (χ0) is 11.5. The van der Waals surface area contributed by atoms with Crippen LogP contribution < -0.4 is 0 Å². The second-order valence-electron chi connectivity index (χ2n) is 4.26. The molecule has 0 unspecified atom stereocenters. The van der Waals surface area contributed by atoms with Gasteiger partial charge in [-0.2, -0.15) is 4.98 Å². The van der Waals surface area contributed by atoms with Crippen LogP contribution in [0.3, 0.4) is 0 Å². The molecule has 1 rings (SSSR count). The van der Waals surface area contributed by atoms with Crippen LogP contribution in [-0.4, -0.2) is 38.2 Å². The standard InChI is InChI=1S/C9H15N3O3/c1-9(2,3)12(5-8(13)14)4-7-10-6-11-15-7/h6H,4-5H2,1-3H3,(H,13,14). The van der Waals surface area contributed by atoms with Crippen molar-refractivity contribution in [3.05, 3.63) is 12.2 Å². The number of rotatable bonds is 4. The third-order valence-electron chi connectivity index (χ3n) is 2.01. The molecule has 84 valence electrons. The molecule has 0 radical (unpaired) electrons. The zero-order valence-corrected chi connectivity index (χ0v) is 9.10. The Morgan fingerprint density at radius 2 is 2.27 bits per heavy atom. The monoisotopic (exact) mass is 213 g/mol. The van der Waals surface area contributed by atoms with Gasteiger partial charge in [0.05, 0.1) is 13.1 Å². The number of carboxylic acid groups (broad SMARTS) is 1. The van der Waals surface area contributed by atoms with Crippen molar-refractivity contribution in [1.82, 2.24) is 15.0 Å². The van der Waals surface area contributed by atoms with Gasteiger partial charge < -0.3 is 9.63 Å². The van der Waals surface area contributed by atoms with Gasteiger partial charge in [-0.25, -0.2) is 0 Å². The van der Waals surface area contributed by atoms with Crippen molar-refractivity contribution in [3.63, 3.8) is 0 Å². The minimum Gasteiger partial charge on any atom is -0.480 e. The predicted octanol–water partition coefficient (Wildman–Crippen LogP) is 0.755. The van der Waals surface area contributed by atoms with Gasteiger partial charge >= 0.3 is 5.97 Å². The van der Waals surface area contributed by atoms with Crippen molar-refractivity contribution in [1.29, 1.82) is 0 Å². The maximum atomic E-state index is 10.7. The molecule has 0 spiro atoms. The van der Waals surface area contributed by atoms with Gasteiger partial charge in [-0.05, 0) is 20.8 Å². The van der Waals surface area contributed by atoms with Crippen molar-refractivity contribution >= 4 is 5.97 Å². The van der Waals surface area contributed by atoms with E-state index in [4.69, 9.17) is 9.63 Å². The van der Waals surface area contributed by atoms with E-state index >= 15 is 0 Å². The van der Waals surface area contributed by atoms with E-state index in [-0.39, 0.29) is 12.1 Å². The summed E-state index contributed by atoms with van der Waals surface area (Å²) < 4.78 is 4.85. The molecule has 0 aromatic carbocycles. The number of aliphatic carboxylic acids is 1. The molecule has 0 saturated heterocycles. The van der Waals surface area contributed by atoms with Crippen molar-refractivity contribution in [2.45, 2.75) is 32.9 Å². The maximum Gasteiger partial charge on any atom is 0.317 e. The number of hydrogen-bond acceptors (Lipinski definition) is 5. The fraction of sp³-hybridized carbons (Fsp3) is 0.667. The summed E-state index contributed by atoms with van der Waals surface area (Å²) in [6.45, 7) is 6.10. The average Bonchev–Trinajstić information content (AvgIpc) is 2.53. The topological polar surface area (TPSA) is 79.5 Å². The Labute approximate surface area is 87.9 Å². The summed E-state index contributed by atoms with van der Waals surface area (Å²) in [5.41, 5.74) is -0.257. The molecule has 0 fully saturated rings. The van der Waals surface area contributed by atoms with Crippen LogP contribution in [0.25, 0.3) is 0 Å². The smallest absolute Gasteiger partial charge is 0.317 e. The van der Waals surface area contributed by atoms with E-state index in [1.165, 1.54) is 6.33 Å². The second kappa shape index (κ2) is 4.39. The van der Waals surface area contributed by atoms with Gasteiger partial charge in [-0.15, -0.1) is 0 Å². The lowest BCUT2D eigenvalue weighted by Crippen LogP contribution is -2.43. The Kier molecular flexibility index (Phi) is 3.41. The summed E-state index contributed by atoms with van der Waals surface area (Å²) in [6, 6.07) is 0. The van der Waals surface area contributed by atoms with Crippen LogP contribution in [0.5, 0.6) is 0 Å². The third kappa shape index (κ3) is 3.67. The van der Waals surface area contributed by atoms with E-state index in [1.807, 2.05) is 20.8 Å². The molecule has 0 amide bonds. The molecular weight excluding hydrogens is 198 g/mol. The first kappa shape index (κ1) is 11.6. The lowest BCUT2D eigenvalue weighted by molar-refractivity contribution is -0.140. The van der Waals surface area contributed by atoms with Gasteiger partial charge in [0.1, 0.15) is 0 Å². The zero-order valence-electron chi connectivity index (χ0n) is 9.10. The van der Waals surface area contributed by atoms with Gasteiger partial charge in [-0.1, -0.05) is 5.16 Å². The fourth-order valence-electron chi connectivity index (χ4n) is 1.12. The highest BCUT2D eigenvalue weighted by Gasteiger charge is 2.25. The molecule has 1 aromatic rings. The van der Waals surface area contributed by atoms with E-state index in [0.29, 0.717) is 12.4 Å². The summed E-state index contributed by atoms with van der Waals surface area (Å²) >= 11 is 0. The minimum absolute atomic E-state index is 0.0497. The number of aromatic nitrogens is 2. The largest absolute Gasteiger partial charge is 0.480 e. The lowest BCUT2D eigenvalue weighted by atomic mass is 10.1. The Balaban J connectivity index is 2.69. The highest BCUT2D eigenvalue weighted by molar-refractivity contribution is 5.69. The summed E-state index contributed by atoms with van der Waals surface area (Å²) in [4.78, 5) is 16.3. The van der Waals surface area contributed by atoms with Crippen molar-refractivity contribution in [2.75, 3.05) is 6.54 Å². The van der Waals surface area contributed by atoms with Gasteiger partial charge in [0.15, 0.2) is 6.33 Å². The SMILES string of the molecule is CC(C)(C)N(CC(=O)O)Cc1ncno1. The molecule has 1 N–H and O–H groups in total. The molecule has 15 heavy (non-hydrogen) atoms. The van der Waals surface area contributed by atoms with E-state index in [0.717, 1.165) is 0 Å². The number of nitrogens with zero attached hydrogens (tertiary/aromatic N) is 3. The average molecular weight is 213 g/mol. The van der Waals surface area contributed by atoms with E-state index in [9.17, 15) is 4.79 Å². The van der Waals surface area contributed by atoms with Crippen molar-refractivity contribution in [3.8, 4) is 0 Å². The third-order valence-corrected chi connectivity index (χ3v) is 2.01. The van der Waals surface area contributed by atoms with Gasteiger partial charge in [0, 0.05) is 5.54 Å². The summed E-state index contributed by atoms with van der Waals surface area (Å²) in [7, 11) is 0. The van der Waals surface area contributed by atoms with Crippen molar-refractivity contribution in [2.24, 2.45) is 0 Å².